The Morgan fingerprint density at radius 1 is 1.50 bits per heavy atom. The van der Waals surface area contributed by atoms with Gasteiger partial charge in [0, 0.05) is 19.5 Å². The number of allylic oxidation sites excluding steroid dienone is 1. The highest BCUT2D eigenvalue weighted by atomic mass is 16.1. The summed E-state index contributed by atoms with van der Waals surface area (Å²) in [6.45, 7) is 2.22. The Morgan fingerprint density at radius 3 is 2.90 bits per heavy atom. The molecule has 0 amide bonds. The molecular weight excluding hydrogens is 126 g/mol. The first kappa shape index (κ1) is 6.10. The fourth-order valence-electron chi connectivity index (χ4n) is 1.37. The standard InChI is InChI=1S/C8H11NO/c10-8-4-2-1-3-7(8)9-5-6-9/h1,3,7H,2,4-6H2. The van der Waals surface area contributed by atoms with Crippen molar-refractivity contribution in [2.75, 3.05) is 13.1 Å². The van der Waals surface area contributed by atoms with E-state index in [0.717, 1.165) is 25.9 Å². The molecule has 0 saturated carbocycles. The van der Waals surface area contributed by atoms with E-state index in [-0.39, 0.29) is 6.04 Å². The number of ketones is 1. The molecule has 2 rings (SSSR count). The molecule has 0 bridgehead atoms. The van der Waals surface area contributed by atoms with Crippen LogP contribution in [0.2, 0.25) is 0 Å². The van der Waals surface area contributed by atoms with Crippen LogP contribution in [0.4, 0.5) is 0 Å². The number of carbonyl (C=O) groups is 1. The fourth-order valence-corrected chi connectivity index (χ4v) is 1.37. The van der Waals surface area contributed by atoms with Gasteiger partial charge in [-0.2, -0.15) is 0 Å². The summed E-state index contributed by atoms with van der Waals surface area (Å²) in [5.41, 5.74) is 0. The molecule has 0 aromatic rings. The van der Waals surface area contributed by atoms with Crippen LogP contribution in [0.3, 0.4) is 0 Å². The summed E-state index contributed by atoms with van der Waals surface area (Å²) < 4.78 is 0. The van der Waals surface area contributed by atoms with Gasteiger partial charge in [0.05, 0.1) is 6.04 Å². The fraction of sp³-hybridized carbons (Fsp3) is 0.625. The molecule has 54 valence electrons. The number of hydrogen-bond acceptors (Lipinski definition) is 2. The first-order valence-electron chi connectivity index (χ1n) is 3.81. The van der Waals surface area contributed by atoms with E-state index in [0.29, 0.717) is 5.78 Å². The third-order valence-corrected chi connectivity index (χ3v) is 2.08. The van der Waals surface area contributed by atoms with Crippen molar-refractivity contribution in [1.82, 2.24) is 4.90 Å². The van der Waals surface area contributed by atoms with E-state index >= 15 is 0 Å². The van der Waals surface area contributed by atoms with Crippen molar-refractivity contribution in [3.63, 3.8) is 0 Å². The van der Waals surface area contributed by atoms with Crippen LogP contribution in [0.15, 0.2) is 12.2 Å². The Balaban J connectivity index is 2.08. The molecule has 2 aliphatic rings. The zero-order valence-electron chi connectivity index (χ0n) is 5.92. The van der Waals surface area contributed by atoms with Gasteiger partial charge in [0.2, 0.25) is 0 Å². The molecule has 0 spiro atoms. The largest absolute Gasteiger partial charge is 0.298 e. The summed E-state index contributed by atoms with van der Waals surface area (Å²) in [6, 6.07) is 0.147. The van der Waals surface area contributed by atoms with Crippen molar-refractivity contribution in [2.24, 2.45) is 0 Å². The van der Waals surface area contributed by atoms with Crippen LogP contribution in [0.25, 0.3) is 0 Å². The van der Waals surface area contributed by atoms with Gasteiger partial charge >= 0.3 is 0 Å². The van der Waals surface area contributed by atoms with Gasteiger partial charge in [-0.15, -0.1) is 0 Å². The molecule has 0 aromatic heterocycles. The minimum atomic E-state index is 0.147. The zero-order chi connectivity index (χ0) is 6.97. The Morgan fingerprint density at radius 2 is 2.30 bits per heavy atom. The average molecular weight is 137 g/mol. The predicted molar refractivity (Wildman–Crippen MR) is 38.7 cm³/mol. The highest BCUT2D eigenvalue weighted by molar-refractivity contribution is 5.87. The van der Waals surface area contributed by atoms with Gasteiger partial charge in [0.25, 0.3) is 0 Å². The summed E-state index contributed by atoms with van der Waals surface area (Å²) in [5, 5.41) is 0. The van der Waals surface area contributed by atoms with Crippen molar-refractivity contribution in [2.45, 2.75) is 18.9 Å². The van der Waals surface area contributed by atoms with Gasteiger partial charge in [-0.25, -0.2) is 0 Å². The Hall–Kier alpha value is -0.630. The van der Waals surface area contributed by atoms with Crippen LogP contribution in [-0.4, -0.2) is 29.8 Å². The van der Waals surface area contributed by atoms with Gasteiger partial charge in [0.15, 0.2) is 5.78 Å². The quantitative estimate of drug-likeness (QED) is 0.389. The number of Topliss-reactive ketones (excluding diaryl/α,β-unsaturated/α-hetero) is 1. The molecule has 1 unspecified atom stereocenters. The van der Waals surface area contributed by atoms with Gasteiger partial charge in [-0.3, -0.25) is 9.69 Å². The van der Waals surface area contributed by atoms with Crippen LogP contribution in [0.1, 0.15) is 12.8 Å². The van der Waals surface area contributed by atoms with E-state index in [1.165, 1.54) is 0 Å². The smallest absolute Gasteiger partial charge is 0.154 e. The average Bonchev–Trinajstić information content (AvgIpc) is 2.71. The number of carbonyl (C=O) groups excluding carboxylic acids is 1. The molecular formula is C8H11NO. The van der Waals surface area contributed by atoms with Gasteiger partial charge in [-0.1, -0.05) is 12.2 Å². The summed E-state index contributed by atoms with van der Waals surface area (Å²) in [6.07, 6.45) is 5.85. The van der Waals surface area contributed by atoms with Gasteiger partial charge in [-0.05, 0) is 6.42 Å². The molecule has 1 atom stereocenters. The Labute approximate surface area is 60.5 Å². The minimum Gasteiger partial charge on any atom is -0.298 e. The molecule has 0 aromatic carbocycles. The molecule has 1 fully saturated rings. The maximum atomic E-state index is 11.2. The van der Waals surface area contributed by atoms with Crippen LogP contribution in [-0.2, 0) is 4.79 Å². The third kappa shape index (κ3) is 0.991. The molecule has 1 saturated heterocycles. The van der Waals surface area contributed by atoms with E-state index < -0.39 is 0 Å². The lowest BCUT2D eigenvalue weighted by Gasteiger charge is -2.15. The van der Waals surface area contributed by atoms with Crippen molar-refractivity contribution in [3.05, 3.63) is 12.2 Å². The second-order valence-electron chi connectivity index (χ2n) is 2.91. The lowest BCUT2D eigenvalue weighted by Crippen LogP contribution is -2.28. The SMILES string of the molecule is O=C1CCC=CC1N1CC1. The van der Waals surface area contributed by atoms with E-state index in [1.807, 2.05) is 6.08 Å². The van der Waals surface area contributed by atoms with Crippen molar-refractivity contribution in [3.8, 4) is 0 Å². The maximum absolute atomic E-state index is 11.2. The lowest BCUT2D eigenvalue weighted by atomic mass is 10.0. The van der Waals surface area contributed by atoms with E-state index in [2.05, 4.69) is 11.0 Å². The lowest BCUT2D eigenvalue weighted by molar-refractivity contribution is -0.121. The third-order valence-electron chi connectivity index (χ3n) is 2.08. The molecule has 2 heteroatoms. The van der Waals surface area contributed by atoms with Crippen molar-refractivity contribution in [1.29, 1.82) is 0 Å². The molecule has 0 radical (unpaired) electrons. The highest BCUT2D eigenvalue weighted by Gasteiger charge is 2.31. The Bertz CT molecular complexity index is 182. The van der Waals surface area contributed by atoms with Crippen molar-refractivity contribution >= 4 is 5.78 Å². The van der Waals surface area contributed by atoms with Gasteiger partial charge < -0.3 is 0 Å². The minimum absolute atomic E-state index is 0.147. The first-order chi connectivity index (χ1) is 4.88. The molecule has 1 aliphatic heterocycles. The second-order valence-corrected chi connectivity index (χ2v) is 2.91. The normalized spacial score (nSPS) is 32.8. The topological polar surface area (TPSA) is 20.1 Å². The van der Waals surface area contributed by atoms with Gasteiger partial charge in [0.1, 0.15) is 0 Å². The predicted octanol–water partition coefficient (Wildman–Crippen LogP) is 0.590. The second kappa shape index (κ2) is 2.20. The number of rotatable bonds is 1. The summed E-state index contributed by atoms with van der Waals surface area (Å²) in [7, 11) is 0. The molecule has 0 N–H and O–H groups in total. The van der Waals surface area contributed by atoms with E-state index in [1.54, 1.807) is 0 Å². The summed E-state index contributed by atoms with van der Waals surface area (Å²) in [4.78, 5) is 13.4. The van der Waals surface area contributed by atoms with E-state index in [9.17, 15) is 4.79 Å². The highest BCUT2D eigenvalue weighted by Crippen LogP contribution is 2.18. The maximum Gasteiger partial charge on any atom is 0.154 e. The Kier molecular flexibility index (Phi) is 1.34. The molecule has 1 heterocycles. The number of nitrogens with zero attached hydrogens (tertiary/aromatic N) is 1. The van der Waals surface area contributed by atoms with Crippen LogP contribution < -0.4 is 0 Å². The molecule has 2 nitrogen and oxygen atoms in total. The summed E-state index contributed by atoms with van der Waals surface area (Å²) >= 11 is 0. The van der Waals surface area contributed by atoms with Crippen LogP contribution in [0, 0.1) is 0 Å². The summed E-state index contributed by atoms with van der Waals surface area (Å²) in [5.74, 6) is 0.403. The monoisotopic (exact) mass is 137 g/mol. The van der Waals surface area contributed by atoms with E-state index in [4.69, 9.17) is 0 Å². The van der Waals surface area contributed by atoms with Crippen LogP contribution >= 0.6 is 0 Å². The number of hydrogen-bond donors (Lipinski definition) is 0. The van der Waals surface area contributed by atoms with Crippen molar-refractivity contribution < 1.29 is 4.79 Å². The zero-order valence-corrected chi connectivity index (χ0v) is 5.92. The molecule has 10 heavy (non-hydrogen) atoms. The first-order valence-corrected chi connectivity index (χ1v) is 3.81. The van der Waals surface area contributed by atoms with Crippen LogP contribution in [0.5, 0.6) is 0 Å². The molecule has 1 aliphatic carbocycles.